The number of rotatable bonds is 5. The molecule has 8 nitrogen and oxygen atoms in total. The lowest BCUT2D eigenvalue weighted by molar-refractivity contribution is 0.102. The molecule has 1 aromatic carbocycles. The van der Waals surface area contributed by atoms with Gasteiger partial charge in [0.1, 0.15) is 0 Å². The van der Waals surface area contributed by atoms with Crippen molar-refractivity contribution in [2.75, 3.05) is 16.3 Å². The summed E-state index contributed by atoms with van der Waals surface area (Å²) in [7, 11) is -1.79. The molecule has 0 saturated carbocycles. The minimum atomic E-state index is -3.49. The number of nitrogens with one attached hydrogen (secondary N) is 2. The van der Waals surface area contributed by atoms with E-state index < -0.39 is 21.7 Å². The monoisotopic (exact) mass is 423 g/mol. The van der Waals surface area contributed by atoms with Crippen molar-refractivity contribution in [3.05, 3.63) is 59.3 Å². The molecule has 0 unspecified atom stereocenters. The third-order valence-corrected chi connectivity index (χ3v) is 4.40. The predicted octanol–water partition coefficient (Wildman–Crippen LogP) is 2.90. The number of carbonyl (C=O) groups excluding carboxylic acids is 1. The number of hydrogen-bond donors (Lipinski definition) is 2. The molecule has 0 radical (unpaired) electrons. The summed E-state index contributed by atoms with van der Waals surface area (Å²) in [5, 5.41) is 2.90. The summed E-state index contributed by atoms with van der Waals surface area (Å²) in [6.07, 6.45) is 4.65. The Labute approximate surface area is 165 Å². The van der Waals surface area contributed by atoms with Gasteiger partial charge < -0.3 is 9.88 Å². The fourth-order valence-electron chi connectivity index (χ4n) is 2.49. The molecule has 0 atom stereocenters. The highest BCUT2D eigenvalue weighted by Gasteiger charge is 2.15. The molecule has 3 aromatic rings. The molecule has 3 rings (SSSR count). The molecule has 0 spiro atoms. The Hall–Kier alpha value is -2.98. The first-order chi connectivity index (χ1) is 13.1. The standard InChI is InChI=1S/C17H15ClFN5O3S/c1-24-9-10(3-15(24)16-20-7-12(19)8-21-16)17(25)22-13-4-11(18)5-14(6-13)23-28(2,26)27/h3-9,23H,1-2H3,(H,22,25). The van der Waals surface area contributed by atoms with E-state index in [-0.39, 0.29) is 16.5 Å². The molecule has 0 aliphatic heterocycles. The first kappa shape index (κ1) is 19.8. The van der Waals surface area contributed by atoms with E-state index in [1.165, 1.54) is 18.2 Å². The highest BCUT2D eigenvalue weighted by atomic mass is 35.5. The van der Waals surface area contributed by atoms with E-state index in [1.807, 2.05) is 0 Å². The molecular weight excluding hydrogens is 409 g/mol. The Balaban J connectivity index is 1.84. The van der Waals surface area contributed by atoms with E-state index in [0.29, 0.717) is 16.9 Å². The number of amides is 1. The van der Waals surface area contributed by atoms with Crippen molar-refractivity contribution in [2.45, 2.75) is 0 Å². The zero-order chi connectivity index (χ0) is 20.5. The van der Waals surface area contributed by atoms with Crippen LogP contribution in [0.15, 0.2) is 42.9 Å². The van der Waals surface area contributed by atoms with Crippen LogP contribution in [-0.4, -0.2) is 35.1 Å². The van der Waals surface area contributed by atoms with Gasteiger partial charge in [0.2, 0.25) is 10.0 Å². The molecular formula is C17H15ClFN5O3S. The lowest BCUT2D eigenvalue weighted by Crippen LogP contribution is -2.13. The number of nitrogens with zero attached hydrogens (tertiary/aromatic N) is 3. The number of anilines is 2. The zero-order valence-corrected chi connectivity index (χ0v) is 16.3. The predicted molar refractivity (Wildman–Crippen MR) is 104 cm³/mol. The van der Waals surface area contributed by atoms with Gasteiger partial charge in [-0.1, -0.05) is 11.6 Å². The molecule has 1 amide bonds. The van der Waals surface area contributed by atoms with Crippen LogP contribution in [-0.2, 0) is 17.1 Å². The van der Waals surface area contributed by atoms with Gasteiger partial charge >= 0.3 is 0 Å². The normalized spacial score (nSPS) is 11.3. The number of halogens is 2. The van der Waals surface area contributed by atoms with Gasteiger partial charge in [0, 0.05) is 24.0 Å². The molecule has 0 saturated heterocycles. The van der Waals surface area contributed by atoms with E-state index in [0.717, 1.165) is 18.6 Å². The largest absolute Gasteiger partial charge is 0.347 e. The van der Waals surface area contributed by atoms with E-state index in [9.17, 15) is 17.6 Å². The summed E-state index contributed by atoms with van der Waals surface area (Å²) in [6.45, 7) is 0. The molecule has 2 aromatic heterocycles. The SMILES string of the molecule is Cn1cc(C(=O)Nc2cc(Cl)cc(NS(C)(=O)=O)c2)cc1-c1ncc(F)cn1. The van der Waals surface area contributed by atoms with Crippen LogP contribution in [0.3, 0.4) is 0 Å². The van der Waals surface area contributed by atoms with Gasteiger partial charge in [-0.25, -0.2) is 22.8 Å². The summed E-state index contributed by atoms with van der Waals surface area (Å²) in [4.78, 5) is 20.4. The second kappa shape index (κ2) is 7.56. The van der Waals surface area contributed by atoms with Crippen molar-refractivity contribution in [1.82, 2.24) is 14.5 Å². The van der Waals surface area contributed by atoms with Gasteiger partial charge in [0.25, 0.3) is 5.91 Å². The Bertz CT molecular complexity index is 1150. The molecule has 146 valence electrons. The minimum Gasteiger partial charge on any atom is -0.347 e. The molecule has 0 bridgehead atoms. The van der Waals surface area contributed by atoms with Crippen LogP contribution in [0.4, 0.5) is 15.8 Å². The van der Waals surface area contributed by atoms with E-state index in [2.05, 4.69) is 20.0 Å². The summed E-state index contributed by atoms with van der Waals surface area (Å²) >= 11 is 5.99. The first-order valence-electron chi connectivity index (χ1n) is 7.85. The highest BCUT2D eigenvalue weighted by Crippen LogP contribution is 2.24. The van der Waals surface area contributed by atoms with Crippen molar-refractivity contribution in [3.8, 4) is 11.5 Å². The lowest BCUT2D eigenvalue weighted by atomic mass is 10.2. The van der Waals surface area contributed by atoms with Crippen LogP contribution in [0.2, 0.25) is 5.02 Å². The van der Waals surface area contributed by atoms with Gasteiger partial charge in [-0.2, -0.15) is 0 Å². The van der Waals surface area contributed by atoms with Crippen molar-refractivity contribution in [1.29, 1.82) is 0 Å². The maximum Gasteiger partial charge on any atom is 0.257 e. The number of carbonyl (C=O) groups is 1. The first-order valence-corrected chi connectivity index (χ1v) is 10.1. The number of hydrogen-bond acceptors (Lipinski definition) is 5. The molecule has 0 aliphatic rings. The van der Waals surface area contributed by atoms with Crippen molar-refractivity contribution < 1.29 is 17.6 Å². The summed E-state index contributed by atoms with van der Waals surface area (Å²) in [5.74, 6) is -0.739. The van der Waals surface area contributed by atoms with E-state index >= 15 is 0 Å². The van der Waals surface area contributed by atoms with Crippen LogP contribution in [0.5, 0.6) is 0 Å². The topological polar surface area (TPSA) is 106 Å². The van der Waals surface area contributed by atoms with Gasteiger partial charge in [-0.15, -0.1) is 0 Å². The van der Waals surface area contributed by atoms with E-state index in [4.69, 9.17) is 11.6 Å². The van der Waals surface area contributed by atoms with Gasteiger partial charge in [0.15, 0.2) is 11.6 Å². The number of sulfonamides is 1. The third kappa shape index (κ3) is 4.84. The second-order valence-electron chi connectivity index (χ2n) is 6.01. The Morgan fingerprint density at radius 1 is 1.14 bits per heavy atom. The summed E-state index contributed by atoms with van der Waals surface area (Å²) < 4.78 is 39.7. The average Bonchev–Trinajstić information content (AvgIpc) is 2.95. The molecule has 0 aliphatic carbocycles. The fraction of sp³-hybridized carbons (Fsp3) is 0.118. The van der Waals surface area contributed by atoms with Crippen LogP contribution < -0.4 is 10.0 Å². The fourth-order valence-corrected chi connectivity index (χ4v) is 3.27. The third-order valence-electron chi connectivity index (χ3n) is 3.58. The molecule has 28 heavy (non-hydrogen) atoms. The van der Waals surface area contributed by atoms with Crippen LogP contribution >= 0.6 is 11.6 Å². The van der Waals surface area contributed by atoms with E-state index in [1.54, 1.807) is 23.9 Å². The number of aromatic nitrogens is 3. The van der Waals surface area contributed by atoms with Crippen LogP contribution in [0.25, 0.3) is 11.5 Å². The van der Waals surface area contributed by atoms with Crippen LogP contribution in [0.1, 0.15) is 10.4 Å². The summed E-state index contributed by atoms with van der Waals surface area (Å²) in [6, 6.07) is 5.91. The highest BCUT2D eigenvalue weighted by molar-refractivity contribution is 7.92. The minimum absolute atomic E-state index is 0.221. The Kier molecular flexibility index (Phi) is 5.34. The lowest BCUT2D eigenvalue weighted by Gasteiger charge is -2.09. The molecule has 2 N–H and O–H groups in total. The molecule has 11 heteroatoms. The second-order valence-corrected chi connectivity index (χ2v) is 8.19. The maximum absolute atomic E-state index is 13.0. The van der Waals surface area contributed by atoms with Crippen molar-refractivity contribution in [3.63, 3.8) is 0 Å². The number of aryl methyl sites for hydroxylation is 1. The van der Waals surface area contributed by atoms with Crippen molar-refractivity contribution >= 4 is 38.9 Å². The smallest absolute Gasteiger partial charge is 0.257 e. The Morgan fingerprint density at radius 3 is 2.43 bits per heavy atom. The van der Waals surface area contributed by atoms with Gasteiger partial charge in [-0.3, -0.25) is 9.52 Å². The number of benzene rings is 1. The zero-order valence-electron chi connectivity index (χ0n) is 14.8. The average molecular weight is 424 g/mol. The Morgan fingerprint density at radius 2 is 1.79 bits per heavy atom. The maximum atomic E-state index is 13.0. The van der Waals surface area contributed by atoms with Crippen LogP contribution in [0, 0.1) is 5.82 Å². The van der Waals surface area contributed by atoms with Gasteiger partial charge in [-0.05, 0) is 24.3 Å². The summed E-state index contributed by atoms with van der Waals surface area (Å²) in [5.41, 5.74) is 1.37. The molecule has 0 fully saturated rings. The van der Waals surface area contributed by atoms with Crippen molar-refractivity contribution in [2.24, 2.45) is 7.05 Å². The van der Waals surface area contributed by atoms with Gasteiger partial charge in [0.05, 0.1) is 35.6 Å². The molecule has 2 heterocycles. The quantitative estimate of drug-likeness (QED) is 0.656.